The first kappa shape index (κ1) is 18.3. The first-order chi connectivity index (χ1) is 11.8. The second-order valence-corrected chi connectivity index (χ2v) is 9.17. The van der Waals surface area contributed by atoms with Gasteiger partial charge in [0, 0.05) is 31.5 Å². The number of hydrogen-bond donors (Lipinski definition) is 0. The Kier molecular flexibility index (Phi) is 4.88. The van der Waals surface area contributed by atoms with Gasteiger partial charge in [-0.25, -0.2) is 8.42 Å². The Morgan fingerprint density at radius 3 is 2.52 bits per heavy atom. The van der Waals surface area contributed by atoms with Gasteiger partial charge >= 0.3 is 0 Å². The summed E-state index contributed by atoms with van der Waals surface area (Å²) in [6.07, 6.45) is 4.83. The van der Waals surface area contributed by atoms with E-state index in [1.807, 2.05) is 26.0 Å². The van der Waals surface area contributed by atoms with Crippen LogP contribution in [0.2, 0.25) is 0 Å². The van der Waals surface area contributed by atoms with E-state index in [-0.39, 0.29) is 23.1 Å². The minimum Gasteiger partial charge on any atom is -0.373 e. The van der Waals surface area contributed by atoms with Gasteiger partial charge in [0.25, 0.3) is 0 Å². The van der Waals surface area contributed by atoms with Crippen LogP contribution in [0.4, 0.5) is 0 Å². The van der Waals surface area contributed by atoms with Crippen molar-refractivity contribution in [1.82, 2.24) is 4.31 Å². The molecule has 0 spiro atoms. The molecule has 1 saturated carbocycles. The summed E-state index contributed by atoms with van der Waals surface area (Å²) in [6, 6.07) is 6.88. The van der Waals surface area contributed by atoms with Crippen LogP contribution in [0.15, 0.2) is 41.3 Å². The zero-order chi connectivity index (χ0) is 18.2. The van der Waals surface area contributed by atoms with Crippen LogP contribution in [-0.2, 0) is 19.6 Å². The number of sulfonamides is 1. The van der Waals surface area contributed by atoms with E-state index < -0.39 is 21.5 Å². The van der Waals surface area contributed by atoms with Crippen molar-refractivity contribution < 1.29 is 17.9 Å². The molecule has 1 heterocycles. The van der Waals surface area contributed by atoms with Gasteiger partial charge in [-0.1, -0.05) is 36.8 Å². The molecule has 2 aliphatic rings. The molecule has 136 valence electrons. The zero-order valence-corrected chi connectivity index (χ0v) is 15.8. The largest absolute Gasteiger partial charge is 0.373 e. The third-order valence-corrected chi connectivity index (χ3v) is 7.33. The number of methoxy groups -OCH3 is 1. The van der Waals surface area contributed by atoms with Gasteiger partial charge in [0.1, 0.15) is 6.10 Å². The monoisotopic (exact) mass is 363 g/mol. The second-order valence-electron chi connectivity index (χ2n) is 7.24. The highest BCUT2D eigenvalue weighted by Crippen LogP contribution is 2.49. The fourth-order valence-corrected chi connectivity index (χ4v) is 5.54. The molecule has 1 aliphatic heterocycles. The lowest BCUT2D eigenvalue weighted by Crippen LogP contribution is -2.65. The van der Waals surface area contributed by atoms with Crippen LogP contribution in [0.25, 0.3) is 0 Å². The lowest BCUT2D eigenvalue weighted by Gasteiger charge is -2.52. The average Bonchev–Trinajstić information content (AvgIpc) is 2.64. The van der Waals surface area contributed by atoms with Gasteiger partial charge in [-0.3, -0.25) is 4.79 Å². The fraction of sp³-hybridized carbons (Fsp3) is 0.526. The summed E-state index contributed by atoms with van der Waals surface area (Å²) in [6.45, 7) is 4.48. The number of ketones is 1. The lowest BCUT2D eigenvalue weighted by molar-refractivity contribution is -0.174. The minimum atomic E-state index is -3.63. The van der Waals surface area contributed by atoms with Crippen molar-refractivity contribution in [2.24, 2.45) is 11.3 Å². The Balaban J connectivity index is 1.96. The summed E-state index contributed by atoms with van der Waals surface area (Å²) in [5.74, 6) is -0.0658. The van der Waals surface area contributed by atoms with Gasteiger partial charge in [0.15, 0.2) is 5.78 Å². The van der Waals surface area contributed by atoms with E-state index in [0.29, 0.717) is 6.54 Å². The molecule has 1 unspecified atom stereocenters. The van der Waals surface area contributed by atoms with Gasteiger partial charge in [0.2, 0.25) is 10.0 Å². The maximum atomic E-state index is 13.1. The Hall–Kier alpha value is -1.50. The van der Waals surface area contributed by atoms with Gasteiger partial charge in [0.05, 0.1) is 4.90 Å². The second kappa shape index (κ2) is 6.67. The van der Waals surface area contributed by atoms with Crippen LogP contribution in [0, 0.1) is 18.3 Å². The summed E-state index contributed by atoms with van der Waals surface area (Å²) in [4.78, 5) is 12.6. The number of ether oxygens (including phenoxy) is 1. The molecule has 0 aromatic heterocycles. The molecular formula is C19H25NO4S. The average molecular weight is 363 g/mol. The highest BCUT2D eigenvalue weighted by molar-refractivity contribution is 7.89. The third-order valence-electron chi connectivity index (χ3n) is 5.51. The maximum Gasteiger partial charge on any atom is 0.243 e. The lowest BCUT2D eigenvalue weighted by atomic mass is 9.56. The number of allylic oxidation sites excluding steroid dienone is 1. The number of benzene rings is 1. The van der Waals surface area contributed by atoms with Crippen molar-refractivity contribution in [2.75, 3.05) is 20.2 Å². The van der Waals surface area contributed by atoms with Crippen LogP contribution in [0.3, 0.4) is 0 Å². The van der Waals surface area contributed by atoms with E-state index >= 15 is 0 Å². The van der Waals surface area contributed by atoms with Crippen molar-refractivity contribution in [3.63, 3.8) is 0 Å². The fourth-order valence-electron chi connectivity index (χ4n) is 4.03. The van der Waals surface area contributed by atoms with Crippen molar-refractivity contribution >= 4 is 15.8 Å². The van der Waals surface area contributed by atoms with E-state index in [2.05, 4.69) is 0 Å². The highest BCUT2D eigenvalue weighted by Gasteiger charge is 2.60. The van der Waals surface area contributed by atoms with Gasteiger partial charge in [-0.05, 0) is 31.9 Å². The molecule has 1 aromatic carbocycles. The first-order valence-corrected chi connectivity index (χ1v) is 10.0. The van der Waals surface area contributed by atoms with E-state index in [1.54, 1.807) is 24.3 Å². The molecule has 0 radical (unpaired) electrons. The summed E-state index contributed by atoms with van der Waals surface area (Å²) in [5, 5.41) is 0. The van der Waals surface area contributed by atoms with Crippen molar-refractivity contribution in [1.29, 1.82) is 0 Å². The summed E-state index contributed by atoms with van der Waals surface area (Å²) in [5.41, 5.74) is 0.523. The minimum absolute atomic E-state index is 0.0907. The maximum absolute atomic E-state index is 13.1. The zero-order valence-electron chi connectivity index (χ0n) is 14.9. The van der Waals surface area contributed by atoms with Crippen LogP contribution >= 0.6 is 0 Å². The molecular weight excluding hydrogens is 338 g/mol. The van der Waals surface area contributed by atoms with E-state index in [0.717, 1.165) is 18.4 Å². The van der Waals surface area contributed by atoms with Crippen molar-refractivity contribution in [3.05, 3.63) is 42.0 Å². The molecule has 25 heavy (non-hydrogen) atoms. The van der Waals surface area contributed by atoms with Crippen LogP contribution in [0.1, 0.15) is 25.3 Å². The van der Waals surface area contributed by atoms with Crippen LogP contribution < -0.4 is 0 Å². The molecule has 5 nitrogen and oxygen atoms in total. The number of fused-ring (bicyclic) bond motifs is 1. The molecule has 0 saturated heterocycles. The smallest absolute Gasteiger partial charge is 0.243 e. The molecule has 0 bridgehead atoms. The van der Waals surface area contributed by atoms with Crippen molar-refractivity contribution in [2.45, 2.75) is 37.7 Å². The van der Waals surface area contributed by atoms with E-state index in [1.165, 1.54) is 11.4 Å². The molecule has 0 N–H and O–H groups in total. The number of hydrogen-bond acceptors (Lipinski definition) is 4. The van der Waals surface area contributed by atoms with E-state index in [4.69, 9.17) is 4.74 Å². The Labute approximate surface area is 149 Å². The Bertz CT molecular complexity index is 784. The number of carbonyl (C=O) groups is 1. The Morgan fingerprint density at radius 1 is 1.20 bits per heavy atom. The number of nitrogens with zero attached hydrogens (tertiary/aromatic N) is 1. The molecule has 3 atom stereocenters. The molecule has 0 amide bonds. The van der Waals surface area contributed by atoms with Crippen LogP contribution in [-0.4, -0.2) is 44.8 Å². The topological polar surface area (TPSA) is 63.7 Å². The number of carbonyl (C=O) groups excluding carboxylic acids is 1. The van der Waals surface area contributed by atoms with Gasteiger partial charge in [-0.2, -0.15) is 4.31 Å². The predicted molar refractivity (Wildman–Crippen MR) is 95.7 cm³/mol. The summed E-state index contributed by atoms with van der Waals surface area (Å²) < 4.78 is 33.2. The number of aryl methyl sites for hydroxylation is 1. The third kappa shape index (κ3) is 3.07. The van der Waals surface area contributed by atoms with Crippen molar-refractivity contribution in [3.8, 4) is 0 Å². The summed E-state index contributed by atoms with van der Waals surface area (Å²) >= 11 is 0. The Morgan fingerprint density at radius 2 is 1.88 bits per heavy atom. The molecule has 1 aromatic rings. The predicted octanol–water partition coefficient (Wildman–Crippen LogP) is 2.56. The molecule has 1 aliphatic carbocycles. The standard InChI is InChI=1S/C19H25NO4S/c1-14-8-10-15(11-9-14)25(22,23)20-12-6-4-5-7-16-17(21)18(24-3)19(16,2)13-20/h4,6,8-11,16,18H,5,7,12-13H2,1-3H3/b6-4-/t16-,18?,19+/m0/s1. The highest BCUT2D eigenvalue weighted by atomic mass is 32.2. The van der Waals surface area contributed by atoms with Crippen LogP contribution in [0.5, 0.6) is 0 Å². The number of rotatable bonds is 3. The summed E-state index contributed by atoms with van der Waals surface area (Å²) in [7, 11) is -2.11. The molecule has 6 heteroatoms. The molecule has 3 rings (SSSR count). The van der Waals surface area contributed by atoms with Gasteiger partial charge in [-0.15, -0.1) is 0 Å². The van der Waals surface area contributed by atoms with E-state index in [9.17, 15) is 13.2 Å². The quantitative estimate of drug-likeness (QED) is 0.774. The SMILES string of the molecule is COC1C(=O)[C@@H]2CC/C=C\CN(S(=O)(=O)c3ccc(C)cc3)C[C@@]12C. The molecule has 1 fully saturated rings. The van der Waals surface area contributed by atoms with Gasteiger partial charge < -0.3 is 4.74 Å². The first-order valence-electron chi connectivity index (χ1n) is 8.59. The normalized spacial score (nSPS) is 32.0. The number of Topliss-reactive ketones (excluding diaryl/α,β-unsaturated/α-hetero) is 1.